The fourth-order valence-electron chi connectivity index (χ4n) is 3.68. The van der Waals surface area contributed by atoms with Crippen molar-refractivity contribution in [2.75, 3.05) is 13.9 Å². The number of hydrogen-bond donors (Lipinski definition) is 0. The minimum Gasteiger partial charge on any atom is -0.469 e. The van der Waals surface area contributed by atoms with Crippen LogP contribution in [0.4, 0.5) is 0 Å². The van der Waals surface area contributed by atoms with Crippen molar-refractivity contribution in [3.05, 3.63) is 33.9 Å². The van der Waals surface area contributed by atoms with Crippen molar-refractivity contribution < 1.29 is 23.9 Å². The fraction of sp³-hybridized carbons (Fsp3) is 0.562. The third-order valence-electron chi connectivity index (χ3n) is 4.87. The summed E-state index contributed by atoms with van der Waals surface area (Å²) >= 11 is 0. The summed E-state index contributed by atoms with van der Waals surface area (Å²) in [5.41, 5.74) is -0.715. The molecule has 124 valence electrons. The van der Waals surface area contributed by atoms with Crippen LogP contribution in [0.3, 0.4) is 0 Å². The topological polar surface area (TPSA) is 87.9 Å². The Morgan fingerprint density at radius 1 is 1.39 bits per heavy atom. The quantitative estimate of drug-likeness (QED) is 0.481. The Balaban J connectivity index is 2.03. The van der Waals surface area contributed by atoms with E-state index in [1.54, 1.807) is 18.2 Å². The van der Waals surface area contributed by atoms with Crippen LogP contribution in [0.2, 0.25) is 0 Å². The SMILES string of the molecule is COC(=O)C[C@H]1CCCC[C@@]1(c1ccc2c(c1)OCO2)[N+](=O)[O-]. The number of ether oxygens (including phenoxy) is 3. The number of carbonyl (C=O) groups excluding carboxylic acids is 1. The van der Waals surface area contributed by atoms with Crippen molar-refractivity contribution in [2.45, 2.75) is 37.6 Å². The van der Waals surface area contributed by atoms with Gasteiger partial charge >= 0.3 is 5.97 Å². The van der Waals surface area contributed by atoms with Crippen LogP contribution in [-0.2, 0) is 15.1 Å². The molecule has 1 aromatic rings. The molecule has 0 radical (unpaired) electrons. The average Bonchev–Trinajstić information content (AvgIpc) is 3.02. The molecule has 1 aliphatic heterocycles. The molecular formula is C16H19NO6. The second-order valence-electron chi connectivity index (χ2n) is 5.97. The van der Waals surface area contributed by atoms with Gasteiger partial charge in [0.2, 0.25) is 6.79 Å². The van der Waals surface area contributed by atoms with E-state index >= 15 is 0 Å². The summed E-state index contributed by atoms with van der Waals surface area (Å²) in [5, 5.41) is 12.0. The number of fused-ring (bicyclic) bond motifs is 1. The van der Waals surface area contributed by atoms with E-state index < -0.39 is 11.5 Å². The molecule has 1 fully saturated rings. The predicted molar refractivity (Wildman–Crippen MR) is 79.8 cm³/mol. The highest BCUT2D eigenvalue weighted by Crippen LogP contribution is 2.48. The summed E-state index contributed by atoms with van der Waals surface area (Å²) in [6.45, 7) is 0.121. The molecular weight excluding hydrogens is 302 g/mol. The second-order valence-corrected chi connectivity index (χ2v) is 5.97. The molecule has 0 amide bonds. The van der Waals surface area contributed by atoms with E-state index in [9.17, 15) is 14.9 Å². The van der Waals surface area contributed by atoms with Gasteiger partial charge < -0.3 is 14.2 Å². The number of nitrogens with zero attached hydrogens (tertiary/aromatic N) is 1. The Hall–Kier alpha value is -2.31. The van der Waals surface area contributed by atoms with Gasteiger partial charge in [0.1, 0.15) is 0 Å². The average molecular weight is 321 g/mol. The van der Waals surface area contributed by atoms with Gasteiger partial charge in [0.15, 0.2) is 11.5 Å². The molecule has 0 N–H and O–H groups in total. The highest BCUT2D eigenvalue weighted by molar-refractivity contribution is 5.69. The first kappa shape index (κ1) is 15.6. The minimum atomic E-state index is -1.28. The van der Waals surface area contributed by atoms with Gasteiger partial charge in [-0.1, -0.05) is 6.42 Å². The van der Waals surface area contributed by atoms with Gasteiger partial charge in [0.25, 0.3) is 5.54 Å². The minimum absolute atomic E-state index is 0.0475. The standard InChI is InChI=1S/C16H19NO6/c1-21-15(18)9-11-4-2-3-7-16(11,17(19)20)12-5-6-13-14(8-12)23-10-22-13/h5-6,8,11H,2-4,7,9-10H2,1H3/t11-,16-/m1/s1. The maximum Gasteiger partial charge on any atom is 0.306 e. The summed E-state index contributed by atoms with van der Waals surface area (Å²) in [6, 6.07) is 5.10. The van der Waals surface area contributed by atoms with E-state index in [2.05, 4.69) is 0 Å². The molecule has 0 bridgehead atoms. The molecule has 1 saturated carbocycles. The molecule has 1 aliphatic carbocycles. The Morgan fingerprint density at radius 3 is 2.91 bits per heavy atom. The zero-order valence-corrected chi connectivity index (χ0v) is 12.9. The smallest absolute Gasteiger partial charge is 0.306 e. The number of methoxy groups -OCH3 is 1. The van der Waals surface area contributed by atoms with Gasteiger partial charge in [0, 0.05) is 22.8 Å². The van der Waals surface area contributed by atoms with Gasteiger partial charge in [-0.25, -0.2) is 0 Å². The third kappa shape index (κ3) is 2.60. The van der Waals surface area contributed by atoms with Gasteiger partial charge in [-0.3, -0.25) is 14.9 Å². The molecule has 7 heteroatoms. The van der Waals surface area contributed by atoms with Crippen molar-refractivity contribution in [2.24, 2.45) is 5.92 Å². The largest absolute Gasteiger partial charge is 0.469 e. The van der Waals surface area contributed by atoms with Crippen LogP contribution in [-0.4, -0.2) is 24.8 Å². The monoisotopic (exact) mass is 321 g/mol. The van der Waals surface area contributed by atoms with Gasteiger partial charge in [-0.15, -0.1) is 0 Å². The molecule has 2 atom stereocenters. The Morgan fingerprint density at radius 2 is 2.17 bits per heavy atom. The molecule has 3 rings (SSSR count). The lowest BCUT2D eigenvalue weighted by Gasteiger charge is -2.36. The van der Waals surface area contributed by atoms with Crippen LogP contribution in [0, 0.1) is 16.0 Å². The lowest BCUT2D eigenvalue weighted by atomic mass is 9.68. The van der Waals surface area contributed by atoms with Gasteiger partial charge in [-0.2, -0.15) is 0 Å². The van der Waals surface area contributed by atoms with Gasteiger partial charge in [0.05, 0.1) is 13.5 Å². The fourth-order valence-corrected chi connectivity index (χ4v) is 3.68. The Labute approximate surface area is 133 Å². The van der Waals surface area contributed by atoms with E-state index in [0.29, 0.717) is 29.9 Å². The number of carbonyl (C=O) groups is 1. The Kier molecular flexibility index (Phi) is 4.11. The van der Waals surface area contributed by atoms with Crippen LogP contribution in [0.15, 0.2) is 18.2 Å². The lowest BCUT2D eigenvalue weighted by Crippen LogP contribution is -2.46. The summed E-state index contributed by atoms with van der Waals surface area (Å²) < 4.78 is 15.4. The molecule has 0 spiro atoms. The summed E-state index contributed by atoms with van der Waals surface area (Å²) in [5.74, 6) is 0.307. The Bertz CT molecular complexity index is 631. The summed E-state index contributed by atoms with van der Waals surface area (Å²) in [4.78, 5) is 23.5. The van der Waals surface area contributed by atoms with Crippen molar-refractivity contribution in [1.29, 1.82) is 0 Å². The lowest BCUT2D eigenvalue weighted by molar-refractivity contribution is -0.595. The van der Waals surface area contributed by atoms with E-state index in [4.69, 9.17) is 14.2 Å². The van der Waals surface area contributed by atoms with Crippen molar-refractivity contribution in [3.8, 4) is 11.5 Å². The molecule has 0 saturated heterocycles. The number of esters is 1. The zero-order chi connectivity index (χ0) is 16.4. The molecule has 7 nitrogen and oxygen atoms in total. The first-order valence-corrected chi connectivity index (χ1v) is 7.69. The summed E-state index contributed by atoms with van der Waals surface area (Å²) in [7, 11) is 1.31. The van der Waals surface area contributed by atoms with Crippen molar-refractivity contribution >= 4 is 5.97 Å². The van der Waals surface area contributed by atoms with E-state index in [-0.39, 0.29) is 24.1 Å². The first-order valence-electron chi connectivity index (χ1n) is 7.69. The highest BCUT2D eigenvalue weighted by Gasteiger charge is 2.54. The van der Waals surface area contributed by atoms with E-state index in [1.807, 2.05) is 0 Å². The van der Waals surface area contributed by atoms with Crippen LogP contribution in [0.5, 0.6) is 11.5 Å². The van der Waals surface area contributed by atoms with Crippen LogP contribution in [0.25, 0.3) is 0 Å². The summed E-state index contributed by atoms with van der Waals surface area (Å²) in [6.07, 6.45) is 2.71. The maximum absolute atomic E-state index is 12.0. The number of benzene rings is 1. The number of hydrogen-bond acceptors (Lipinski definition) is 6. The molecule has 23 heavy (non-hydrogen) atoms. The molecule has 0 unspecified atom stereocenters. The van der Waals surface area contributed by atoms with Crippen LogP contribution >= 0.6 is 0 Å². The third-order valence-corrected chi connectivity index (χ3v) is 4.87. The molecule has 2 aliphatic rings. The van der Waals surface area contributed by atoms with Crippen LogP contribution in [0.1, 0.15) is 37.7 Å². The zero-order valence-electron chi connectivity index (χ0n) is 12.9. The van der Waals surface area contributed by atoms with Gasteiger partial charge in [-0.05, 0) is 31.0 Å². The maximum atomic E-state index is 12.0. The van der Waals surface area contributed by atoms with Crippen LogP contribution < -0.4 is 9.47 Å². The molecule has 0 aromatic heterocycles. The first-order chi connectivity index (χ1) is 11.1. The highest BCUT2D eigenvalue weighted by atomic mass is 16.7. The van der Waals surface area contributed by atoms with Crippen molar-refractivity contribution in [3.63, 3.8) is 0 Å². The molecule has 1 aromatic carbocycles. The number of rotatable bonds is 4. The number of nitro groups is 1. The predicted octanol–water partition coefficient (Wildman–Crippen LogP) is 2.64. The second kappa shape index (κ2) is 6.06. The van der Waals surface area contributed by atoms with Crippen molar-refractivity contribution in [1.82, 2.24) is 0 Å². The normalized spacial score (nSPS) is 25.9. The van der Waals surface area contributed by atoms with E-state index in [0.717, 1.165) is 12.8 Å². The van der Waals surface area contributed by atoms with E-state index in [1.165, 1.54) is 7.11 Å². The molecule has 1 heterocycles.